The lowest BCUT2D eigenvalue weighted by Crippen LogP contribution is -2.34. The van der Waals surface area contributed by atoms with Gasteiger partial charge < -0.3 is 9.88 Å². The Bertz CT molecular complexity index is 908. The molecule has 1 amide bonds. The zero-order valence-electron chi connectivity index (χ0n) is 14.2. The number of carbonyl (C=O) groups excluding carboxylic acids is 1. The van der Waals surface area contributed by atoms with Crippen LogP contribution in [-0.4, -0.2) is 28.9 Å². The summed E-state index contributed by atoms with van der Waals surface area (Å²) in [5.74, 6) is 0.248. The van der Waals surface area contributed by atoms with E-state index in [0.29, 0.717) is 13.0 Å². The lowest BCUT2D eigenvalue weighted by molar-refractivity contribution is -0.130. The molecule has 126 valence electrons. The molecule has 0 atom stereocenters. The number of fused-ring (bicyclic) bond motifs is 1. The fourth-order valence-corrected chi connectivity index (χ4v) is 3.53. The number of amides is 1. The number of rotatable bonds is 4. The molecule has 25 heavy (non-hydrogen) atoms. The maximum atomic E-state index is 12.5. The molecule has 3 aromatic rings. The molecule has 1 aliphatic rings. The number of para-hydroxylation sites is 1. The summed E-state index contributed by atoms with van der Waals surface area (Å²) in [6, 6.07) is 18.6. The molecule has 4 rings (SSSR count). The molecule has 0 bridgehead atoms. The third-order valence-electron chi connectivity index (χ3n) is 4.97. The number of hydrogen-bond donors (Lipinski definition) is 1. The molecule has 3 nitrogen and oxygen atoms in total. The van der Waals surface area contributed by atoms with Gasteiger partial charge in [0.15, 0.2) is 0 Å². The minimum Gasteiger partial charge on any atom is -0.361 e. The second-order valence-corrected chi connectivity index (χ2v) is 6.55. The van der Waals surface area contributed by atoms with E-state index in [2.05, 4.69) is 47.6 Å². The Morgan fingerprint density at radius 3 is 2.64 bits per heavy atom. The van der Waals surface area contributed by atoms with Crippen LogP contribution in [0.5, 0.6) is 0 Å². The average molecular weight is 330 g/mol. The smallest absolute Gasteiger partial charge is 0.223 e. The fourth-order valence-electron chi connectivity index (χ4n) is 3.53. The van der Waals surface area contributed by atoms with E-state index in [9.17, 15) is 4.79 Å². The number of aryl methyl sites for hydroxylation is 1. The van der Waals surface area contributed by atoms with Crippen LogP contribution in [0.15, 0.2) is 66.9 Å². The van der Waals surface area contributed by atoms with Crippen LogP contribution in [-0.2, 0) is 11.2 Å². The molecule has 1 N–H and O–H groups in total. The van der Waals surface area contributed by atoms with Gasteiger partial charge in [0.1, 0.15) is 0 Å². The van der Waals surface area contributed by atoms with Crippen molar-refractivity contribution in [2.24, 2.45) is 0 Å². The summed E-state index contributed by atoms with van der Waals surface area (Å²) in [5, 5.41) is 1.26. The van der Waals surface area contributed by atoms with Crippen molar-refractivity contribution in [3.63, 3.8) is 0 Å². The quantitative estimate of drug-likeness (QED) is 0.755. The van der Waals surface area contributed by atoms with Gasteiger partial charge in [0, 0.05) is 42.2 Å². The van der Waals surface area contributed by atoms with Gasteiger partial charge in [-0.05, 0) is 30.0 Å². The van der Waals surface area contributed by atoms with Gasteiger partial charge in [-0.15, -0.1) is 0 Å². The molecular formula is C22H22N2O. The van der Waals surface area contributed by atoms with Crippen molar-refractivity contribution in [1.82, 2.24) is 9.88 Å². The zero-order valence-corrected chi connectivity index (χ0v) is 14.2. The van der Waals surface area contributed by atoms with Crippen molar-refractivity contribution in [2.45, 2.75) is 19.3 Å². The van der Waals surface area contributed by atoms with Crippen molar-refractivity contribution in [1.29, 1.82) is 0 Å². The van der Waals surface area contributed by atoms with E-state index in [-0.39, 0.29) is 5.91 Å². The van der Waals surface area contributed by atoms with E-state index >= 15 is 0 Å². The van der Waals surface area contributed by atoms with Crippen LogP contribution in [0.4, 0.5) is 0 Å². The number of nitrogens with zero attached hydrogens (tertiary/aromatic N) is 1. The van der Waals surface area contributed by atoms with Crippen molar-refractivity contribution in [3.05, 3.63) is 78.0 Å². The largest absolute Gasteiger partial charge is 0.361 e. The second-order valence-electron chi connectivity index (χ2n) is 6.55. The number of hydrogen-bond acceptors (Lipinski definition) is 1. The van der Waals surface area contributed by atoms with Gasteiger partial charge in [-0.25, -0.2) is 0 Å². The zero-order chi connectivity index (χ0) is 17.1. The first-order valence-electron chi connectivity index (χ1n) is 8.88. The topological polar surface area (TPSA) is 36.1 Å². The average Bonchev–Trinajstić information content (AvgIpc) is 3.11. The minimum absolute atomic E-state index is 0.248. The Balaban J connectivity index is 1.41. The highest BCUT2D eigenvalue weighted by Crippen LogP contribution is 2.29. The van der Waals surface area contributed by atoms with Gasteiger partial charge in [0.25, 0.3) is 0 Å². The molecule has 3 heteroatoms. The summed E-state index contributed by atoms with van der Waals surface area (Å²) >= 11 is 0. The highest BCUT2D eigenvalue weighted by Gasteiger charge is 2.19. The number of H-pyrrole nitrogens is 1. The third-order valence-corrected chi connectivity index (χ3v) is 4.97. The SMILES string of the molecule is O=C(CCc1ccccc1)N1CC=C(c2c[nH]c3ccccc23)CC1. The summed E-state index contributed by atoms with van der Waals surface area (Å²) in [4.78, 5) is 17.8. The van der Waals surface area contributed by atoms with Crippen molar-refractivity contribution in [2.75, 3.05) is 13.1 Å². The molecular weight excluding hydrogens is 308 g/mol. The summed E-state index contributed by atoms with van der Waals surface area (Å²) in [5.41, 5.74) is 5.00. The first kappa shape index (κ1) is 15.7. The molecule has 2 heterocycles. The van der Waals surface area contributed by atoms with E-state index in [0.717, 1.165) is 19.4 Å². The first-order chi connectivity index (χ1) is 12.3. The van der Waals surface area contributed by atoms with Gasteiger partial charge in [-0.1, -0.05) is 54.6 Å². The maximum Gasteiger partial charge on any atom is 0.223 e. The van der Waals surface area contributed by atoms with Crippen molar-refractivity contribution < 1.29 is 4.79 Å². The number of benzene rings is 2. The van der Waals surface area contributed by atoms with Crippen LogP contribution in [0.2, 0.25) is 0 Å². The van der Waals surface area contributed by atoms with E-state index in [1.165, 1.54) is 27.6 Å². The normalized spacial score (nSPS) is 14.6. The van der Waals surface area contributed by atoms with Gasteiger partial charge in [0.05, 0.1) is 0 Å². The van der Waals surface area contributed by atoms with Crippen LogP contribution in [0.1, 0.15) is 24.0 Å². The van der Waals surface area contributed by atoms with Crippen molar-refractivity contribution >= 4 is 22.4 Å². The molecule has 0 spiro atoms. The van der Waals surface area contributed by atoms with Crippen molar-refractivity contribution in [3.8, 4) is 0 Å². The number of aromatic nitrogens is 1. The predicted octanol–water partition coefficient (Wildman–Crippen LogP) is 4.42. The Labute approximate surface area is 148 Å². The van der Waals surface area contributed by atoms with Crippen LogP contribution in [0.3, 0.4) is 0 Å². The molecule has 2 aromatic carbocycles. The number of aromatic amines is 1. The molecule has 0 saturated carbocycles. The first-order valence-corrected chi connectivity index (χ1v) is 8.88. The van der Waals surface area contributed by atoms with Crippen LogP contribution < -0.4 is 0 Å². The van der Waals surface area contributed by atoms with Gasteiger partial charge in [-0.2, -0.15) is 0 Å². The Hall–Kier alpha value is -2.81. The van der Waals surface area contributed by atoms with Crippen LogP contribution >= 0.6 is 0 Å². The second kappa shape index (κ2) is 6.98. The summed E-state index contributed by atoms with van der Waals surface area (Å²) in [7, 11) is 0. The molecule has 0 unspecified atom stereocenters. The van der Waals surface area contributed by atoms with Gasteiger partial charge >= 0.3 is 0 Å². The minimum atomic E-state index is 0.248. The summed E-state index contributed by atoms with van der Waals surface area (Å²) < 4.78 is 0. The van der Waals surface area contributed by atoms with E-state index in [1.54, 1.807) is 0 Å². The fraction of sp³-hybridized carbons (Fsp3) is 0.227. The lowest BCUT2D eigenvalue weighted by atomic mass is 9.98. The molecule has 0 fully saturated rings. The van der Waals surface area contributed by atoms with E-state index < -0.39 is 0 Å². The van der Waals surface area contributed by atoms with Gasteiger partial charge in [-0.3, -0.25) is 4.79 Å². The molecule has 0 aliphatic carbocycles. The number of nitrogens with one attached hydrogen (secondary N) is 1. The van der Waals surface area contributed by atoms with Gasteiger partial charge in [0.2, 0.25) is 5.91 Å². The summed E-state index contributed by atoms with van der Waals surface area (Å²) in [6.45, 7) is 1.52. The molecule has 0 radical (unpaired) electrons. The summed E-state index contributed by atoms with van der Waals surface area (Å²) in [6.07, 6.45) is 6.61. The highest BCUT2D eigenvalue weighted by molar-refractivity contribution is 5.93. The van der Waals surface area contributed by atoms with E-state index in [1.807, 2.05) is 29.2 Å². The van der Waals surface area contributed by atoms with Crippen LogP contribution in [0, 0.1) is 0 Å². The maximum absolute atomic E-state index is 12.5. The van der Waals surface area contributed by atoms with E-state index in [4.69, 9.17) is 0 Å². The molecule has 1 aromatic heterocycles. The molecule has 1 aliphatic heterocycles. The Morgan fingerprint density at radius 1 is 1.04 bits per heavy atom. The monoisotopic (exact) mass is 330 g/mol. The Morgan fingerprint density at radius 2 is 1.84 bits per heavy atom. The molecule has 0 saturated heterocycles. The Kier molecular flexibility index (Phi) is 4.38. The highest BCUT2D eigenvalue weighted by atomic mass is 16.2. The predicted molar refractivity (Wildman–Crippen MR) is 102 cm³/mol. The standard InChI is InChI=1S/C22H22N2O/c25-22(11-10-17-6-2-1-3-7-17)24-14-12-18(13-15-24)20-16-23-21-9-5-4-8-19(20)21/h1-9,12,16,23H,10-11,13-15H2. The number of carbonyl (C=O) groups is 1. The third kappa shape index (κ3) is 3.36. The lowest BCUT2D eigenvalue weighted by Gasteiger charge is -2.26. The van der Waals surface area contributed by atoms with Crippen LogP contribution in [0.25, 0.3) is 16.5 Å².